The molecule has 0 rings (SSSR count). The van der Waals surface area contributed by atoms with Crippen LogP contribution in [0.5, 0.6) is 0 Å². The molecule has 5 nitrogen and oxygen atoms in total. The standard InChI is InChI=1S/14FH.9HI.20K.5H3N.13H3P.16H2S.4V.2W.8Y.17H2.20H/h23*1H;;;;;;;;;;;;;;;;;;;;;18*1H3;16*1H2;;;;;;;;;;;;;;;17*1H;;;;;;;;;;;;;;;;;;;;/q;;;;;;;;;;;;;;;;;;;;;;;20*+1;;;;;;;;;;;;;;;;;;;;;;;;;;;;;;;;;;;;;;;;;;;;;;;;;;;;;;;;;;;;;;;;;;20*-1/i;;;;;;;;;;;;;;;;;;;;;;;;;;;;;;;;;;;;;;;;;;;;;;;;;;;;;;;;;;;;;;;;;;;;;;;;;;;;;;;;;;;;;;;;;;;10*1+2;3*1+1;;;;;;;;;;;;;;;;;;;;;;;;. The third kappa shape index (κ3) is 891. The fourth-order valence-electron chi connectivity index (χ4n) is 0. The van der Waals surface area contributed by atoms with Crippen molar-refractivity contribution in [1.82, 2.24) is 30.8 Å². The van der Waals surface area contributed by atoms with E-state index < -0.39 is 0 Å². The van der Waals surface area contributed by atoms with Crippen LogP contribution < -0.4 is 1060 Å². The molecule has 13 atom stereocenters. The molecule has 0 aliphatic carbocycles. The summed E-state index contributed by atoms with van der Waals surface area (Å²) < 4.78 is 0. The second-order valence-electron chi connectivity index (χ2n) is 0. The fraction of sp³-hybridized carbons (Fsp3) is 0. The second kappa shape index (κ2) is 903. The van der Waals surface area contributed by atoms with Crippen molar-refractivity contribution in [2.45, 2.75) is 0 Å². The molecular weight excluding hydrogens is 4460 g/mol. The van der Waals surface area contributed by atoms with Gasteiger partial charge in [-0.25, -0.2) is 0 Å². The summed E-state index contributed by atoms with van der Waals surface area (Å²) in [5.41, 5.74) is 0. The van der Waals surface area contributed by atoms with Gasteiger partial charge in [-0.15, -0.1) is 216 Å². The zero-order valence-electron chi connectivity index (χ0n) is 77.3. The van der Waals surface area contributed by atoms with Crippen LogP contribution in [0.15, 0.2) is 0 Å². The summed E-state index contributed by atoms with van der Waals surface area (Å²) in [4.78, 5) is 0. The zero-order valence-corrected chi connectivity index (χ0v) is 209. The number of hydrogen-bond donors (Lipinski definition) is 5. The first-order valence-corrected chi connectivity index (χ1v) is 0. The third-order valence-corrected chi connectivity index (χ3v) is 0. The normalized spacial score (nSPS) is 0. The Morgan fingerprint density at radius 3 is 0.143 bits per heavy atom. The smallest absolute Gasteiger partial charge is 1.00 e. The molecule has 15 N–H and O–H groups in total. The first-order valence-electron chi connectivity index (χ1n) is 0. The third-order valence-electron chi connectivity index (χ3n) is 0. The van der Waals surface area contributed by atoms with Gasteiger partial charge in [0.1, 0.15) is 0 Å². The SMILES string of the molecule is F.F.F.F.F.F.F.F.F.F.F.F.F.F.I.I.I.I.I.I.I.I.I.N.N.N.N.N.P.P.P.P.P.P.P.P.P.P.P.P.P.S.S.S.S.S.S.S.S.S.S.S.S.S.S.S.S.[2HH].[2HH].[2HH].[3HH].[3HH].[3HH].[3HH].[3HH].[3HH].[3HH].[3HH].[3HH].[3HH].[H-].[H-].[H-].[H-].[H-].[H-].[H-].[H-].[H-].[H-].[H-].[H-].[H-].[H-].[H-].[H-].[H-].[H-].[H-].[H-].[HH].[HH].[HH].[HH].[K+].[K+].[K+].[K+].[K+].[K+].[K+].[K+].[K+].[K+].[K+].[K+].[K+].[K+].[K+].[K+].[K+].[K+].[K+].[K+].[V].[V].[V].[V].[W].[W].[Y].[Y].[Y].[Y].[Y].[Y].[Y].[Y]. The van der Waals surface area contributed by atoms with Crippen molar-refractivity contribution < 1.29 is 1520 Å². The van der Waals surface area contributed by atoms with E-state index >= 15 is 0 Å². The molecule has 0 aliphatic rings. The molecule has 586 valence electrons. The molecule has 0 amide bonds. The minimum absolute atomic E-state index is 0. The van der Waals surface area contributed by atoms with E-state index in [2.05, 4.69) is 0 Å². The maximum Gasteiger partial charge on any atom is 1.00 e. The van der Waals surface area contributed by atoms with E-state index in [9.17, 15) is 0 Å². The second-order valence-corrected chi connectivity index (χ2v) is 0. The Kier molecular flexibility index (Phi) is 9140. The summed E-state index contributed by atoms with van der Waals surface area (Å²) in [5.74, 6) is 0. The van der Waals surface area contributed by atoms with E-state index in [1.165, 1.54) is 0 Å². The predicted octanol–water partition coefficient (Wildman–Crippen LogP) is -42.5. The van der Waals surface area contributed by atoms with Gasteiger partial charge in [0.25, 0.3) is 0 Å². The quantitative estimate of drug-likeness (QED) is 0.0701. The summed E-state index contributed by atoms with van der Waals surface area (Å²) in [6.07, 6.45) is 0. The van der Waals surface area contributed by atoms with Crippen LogP contribution in [0.1, 0.15) is 52.8 Å². The van der Waals surface area contributed by atoms with Crippen LogP contribution in [0.3, 0.4) is 0 Å². The van der Waals surface area contributed by atoms with Crippen LogP contribution in [-0.4, -0.2) is 0 Å². The maximum atomic E-state index is 0. The van der Waals surface area contributed by atoms with E-state index in [1.807, 2.05) is 0 Å². The van der Waals surface area contributed by atoms with Crippen molar-refractivity contribution >= 4 is 560 Å². The molecule has 13 unspecified atom stereocenters. The molecule has 0 saturated carbocycles. The molecule has 0 saturated heterocycles. The molecule has 0 aromatic carbocycles. The van der Waals surface area contributed by atoms with Gasteiger partial charge >= 0.3 is 1030 Å². The van der Waals surface area contributed by atoms with Crippen LogP contribution in [0, 0.1) is 0 Å². The fourth-order valence-corrected chi connectivity index (χ4v) is 0. The molecule has 0 spiro atoms. The predicted molar refractivity (Wildman–Crippen MR) is 568 cm³/mol. The van der Waals surface area contributed by atoms with E-state index in [-0.39, 0.29) is 2120 Å². The largest absolute Gasteiger partial charge is 1.00 e. The summed E-state index contributed by atoms with van der Waals surface area (Å²) in [6, 6.07) is 0. The van der Waals surface area contributed by atoms with E-state index in [0.717, 1.165) is 0 Å². The van der Waals surface area contributed by atoms with Gasteiger partial charge in [0.2, 0.25) is 0 Å². The first kappa shape index (κ1) is 921. The van der Waals surface area contributed by atoms with Crippen LogP contribution in [-0.2, 0) is 378 Å². The summed E-state index contributed by atoms with van der Waals surface area (Å²) in [7, 11) is 0. The van der Waals surface area contributed by atoms with Crippen molar-refractivity contribution in [3.05, 3.63) is 0 Å². The topological polar surface area (TPSA) is 175 Å². The summed E-state index contributed by atoms with van der Waals surface area (Å²) >= 11 is 0. The minimum Gasteiger partial charge on any atom is -1.00 e. The van der Waals surface area contributed by atoms with Gasteiger partial charge in [0, 0.05) is 402 Å². The van der Waals surface area contributed by atoms with Gasteiger partial charge in [-0.3, -0.25) is 65.9 Å². The van der Waals surface area contributed by atoms with Crippen molar-refractivity contribution in [2.75, 3.05) is 0 Å². The Balaban J connectivity index is 0. The molecule has 0 aliphatic heterocycles. The summed E-state index contributed by atoms with van der Waals surface area (Å²) in [5, 5.41) is 0. The molecule has 0 fully saturated rings. The Labute approximate surface area is 2040 Å². The van der Waals surface area contributed by atoms with Crippen LogP contribution >= 0.6 is 560 Å². The maximum absolute atomic E-state index is 0. The van der Waals surface area contributed by atoms with Crippen molar-refractivity contribution in [2.24, 2.45) is 0 Å². The minimum atomic E-state index is 0. The van der Waals surface area contributed by atoms with E-state index in [1.54, 1.807) is 0 Å². The number of halogens is 23. The number of rotatable bonds is 0. The van der Waals surface area contributed by atoms with Gasteiger partial charge in [-0.05, 0) is 0 Å². The Bertz CT molecular complexity index is 377. The van der Waals surface area contributed by atoms with Crippen LogP contribution in [0.4, 0.5) is 65.9 Å². The van der Waals surface area contributed by atoms with Gasteiger partial charge in [0.15, 0.2) is 0 Å². The Morgan fingerprint density at radius 2 is 0.143 bits per heavy atom. The molecule has 91 heteroatoms. The van der Waals surface area contributed by atoms with Gasteiger partial charge in [-0.1, -0.05) is 0 Å². The molecule has 0 bridgehead atoms. The molecular formula is H163F14I9K20N5P13S16V4W2Y8. The van der Waals surface area contributed by atoms with Gasteiger partial charge in [-0.2, -0.15) is 345 Å². The zero-order chi connectivity index (χ0) is 0. The first-order chi connectivity index (χ1) is 0. The molecule has 0 aromatic heterocycles. The van der Waals surface area contributed by atoms with Crippen LogP contribution in [0.2, 0.25) is 0 Å². The average molecular weight is 4650 g/mol. The van der Waals surface area contributed by atoms with Gasteiger partial charge in [0.05, 0.1) is 0 Å². The molecule has 0 heterocycles. The van der Waals surface area contributed by atoms with Crippen molar-refractivity contribution in [3.63, 3.8) is 0 Å². The monoisotopic (exact) mass is 4640 g/mol. The average Bonchev–Trinajstić information content (AvgIpc) is 0. The van der Waals surface area contributed by atoms with Crippen LogP contribution in [0.25, 0.3) is 0 Å². The van der Waals surface area contributed by atoms with E-state index in [0.29, 0.717) is 0 Å². The number of hydrogen-bond acceptors (Lipinski definition) is 5. The molecule has 12 radical (unpaired) electrons. The Morgan fingerprint density at radius 1 is 0.143 bits per heavy atom. The van der Waals surface area contributed by atoms with E-state index in [4.69, 9.17) is 0 Å². The van der Waals surface area contributed by atoms with Gasteiger partial charge < -0.3 is 59.3 Å². The molecule has 0 aromatic rings. The van der Waals surface area contributed by atoms with Crippen molar-refractivity contribution in [3.8, 4) is 0 Å². The summed E-state index contributed by atoms with van der Waals surface area (Å²) in [6.45, 7) is 0. The molecule has 91 heavy (non-hydrogen) atoms. The van der Waals surface area contributed by atoms with Crippen molar-refractivity contribution in [1.29, 1.82) is 0 Å². The Hall–Kier alpha value is 61.9.